The third kappa shape index (κ3) is 4.06. The molecule has 0 saturated carbocycles. The van der Waals surface area contributed by atoms with Crippen LogP contribution in [0.5, 0.6) is 0 Å². The highest BCUT2D eigenvalue weighted by molar-refractivity contribution is 6.21. The Kier molecular flexibility index (Phi) is 5.56. The van der Waals surface area contributed by atoms with Gasteiger partial charge in [-0.05, 0) is 42.0 Å². The predicted octanol–water partition coefficient (Wildman–Crippen LogP) is 3.56. The van der Waals surface area contributed by atoms with E-state index in [2.05, 4.69) is 4.98 Å². The molecule has 2 aliphatic rings. The first kappa shape index (κ1) is 22.7. The van der Waals surface area contributed by atoms with Crippen molar-refractivity contribution in [3.05, 3.63) is 107 Å². The number of aromatic nitrogens is 1. The SMILES string of the molecule is O=C(c1cccc(CN2C(=O)c3ccccc3C2=O)c1)N1CCN(C(=O)c2cc3ccccc3[nH]2)CC1. The minimum Gasteiger partial charge on any atom is -0.351 e. The number of fused-ring (bicyclic) bond motifs is 2. The van der Waals surface area contributed by atoms with Crippen LogP contribution in [0.4, 0.5) is 0 Å². The summed E-state index contributed by atoms with van der Waals surface area (Å²) < 4.78 is 0. The van der Waals surface area contributed by atoms with Gasteiger partial charge in [0.25, 0.3) is 23.6 Å². The molecule has 2 aliphatic heterocycles. The van der Waals surface area contributed by atoms with Crippen molar-refractivity contribution in [2.24, 2.45) is 0 Å². The molecule has 0 aliphatic carbocycles. The Labute approximate surface area is 213 Å². The number of aromatic amines is 1. The van der Waals surface area contributed by atoms with Gasteiger partial charge in [0.05, 0.1) is 17.7 Å². The van der Waals surface area contributed by atoms with Crippen molar-refractivity contribution >= 4 is 34.5 Å². The molecule has 1 N–H and O–H groups in total. The topological polar surface area (TPSA) is 93.8 Å². The van der Waals surface area contributed by atoms with Crippen LogP contribution < -0.4 is 0 Å². The van der Waals surface area contributed by atoms with Crippen LogP contribution >= 0.6 is 0 Å². The molecular formula is C29H24N4O4. The Morgan fingerprint density at radius 1 is 0.703 bits per heavy atom. The number of amides is 4. The molecule has 0 spiro atoms. The van der Waals surface area contributed by atoms with Gasteiger partial charge in [-0.1, -0.05) is 42.5 Å². The Morgan fingerprint density at radius 2 is 1.32 bits per heavy atom. The first-order valence-electron chi connectivity index (χ1n) is 12.2. The van der Waals surface area contributed by atoms with Gasteiger partial charge in [-0.2, -0.15) is 0 Å². The Morgan fingerprint density at radius 3 is 2.00 bits per heavy atom. The van der Waals surface area contributed by atoms with Gasteiger partial charge in [0.2, 0.25) is 0 Å². The lowest BCUT2D eigenvalue weighted by Gasteiger charge is -2.34. The molecule has 6 rings (SSSR count). The average Bonchev–Trinajstić information content (AvgIpc) is 3.48. The number of nitrogens with zero attached hydrogens (tertiary/aromatic N) is 3. The summed E-state index contributed by atoms with van der Waals surface area (Å²) in [7, 11) is 0. The van der Waals surface area contributed by atoms with Crippen molar-refractivity contribution in [1.82, 2.24) is 19.7 Å². The van der Waals surface area contributed by atoms with Crippen LogP contribution in [-0.2, 0) is 6.54 Å². The fourth-order valence-corrected chi connectivity index (χ4v) is 5.02. The zero-order valence-corrected chi connectivity index (χ0v) is 20.0. The smallest absolute Gasteiger partial charge is 0.270 e. The summed E-state index contributed by atoms with van der Waals surface area (Å²) in [6.07, 6.45) is 0. The molecule has 4 amide bonds. The van der Waals surface area contributed by atoms with Gasteiger partial charge in [0.15, 0.2) is 0 Å². The lowest BCUT2D eigenvalue weighted by molar-refractivity contribution is 0.0532. The second-order valence-electron chi connectivity index (χ2n) is 9.30. The zero-order valence-electron chi connectivity index (χ0n) is 20.0. The minimum atomic E-state index is -0.326. The van der Waals surface area contributed by atoms with E-state index in [-0.39, 0.29) is 30.2 Å². The van der Waals surface area contributed by atoms with Crippen molar-refractivity contribution in [2.75, 3.05) is 26.2 Å². The van der Waals surface area contributed by atoms with E-state index in [0.29, 0.717) is 54.1 Å². The van der Waals surface area contributed by atoms with E-state index in [1.807, 2.05) is 30.3 Å². The van der Waals surface area contributed by atoms with Gasteiger partial charge < -0.3 is 14.8 Å². The number of hydrogen-bond donors (Lipinski definition) is 1. The fraction of sp³-hybridized carbons (Fsp3) is 0.172. The molecule has 1 saturated heterocycles. The normalized spacial score (nSPS) is 15.4. The van der Waals surface area contributed by atoms with Crippen molar-refractivity contribution in [3.63, 3.8) is 0 Å². The maximum atomic E-state index is 13.2. The highest BCUT2D eigenvalue weighted by atomic mass is 16.2. The molecule has 1 aromatic heterocycles. The number of carbonyl (C=O) groups excluding carboxylic acids is 4. The van der Waals surface area contributed by atoms with Crippen molar-refractivity contribution in [3.8, 4) is 0 Å². The van der Waals surface area contributed by atoms with Crippen molar-refractivity contribution < 1.29 is 19.2 Å². The maximum absolute atomic E-state index is 13.2. The molecule has 8 heteroatoms. The summed E-state index contributed by atoms with van der Waals surface area (Å²) in [5, 5.41) is 0.987. The summed E-state index contributed by atoms with van der Waals surface area (Å²) in [5.41, 5.74) is 3.46. The third-order valence-corrected chi connectivity index (χ3v) is 7.01. The van der Waals surface area contributed by atoms with Crippen LogP contribution in [0.1, 0.15) is 47.1 Å². The van der Waals surface area contributed by atoms with Gasteiger partial charge in [-0.25, -0.2) is 0 Å². The molecular weight excluding hydrogens is 468 g/mol. The number of imide groups is 1. The summed E-state index contributed by atoms with van der Waals surface area (Å²) in [4.78, 5) is 59.5. The summed E-state index contributed by atoms with van der Waals surface area (Å²) >= 11 is 0. The number of para-hydroxylation sites is 1. The maximum Gasteiger partial charge on any atom is 0.270 e. The van der Waals surface area contributed by atoms with E-state index in [4.69, 9.17) is 0 Å². The Hall–Kier alpha value is -4.72. The summed E-state index contributed by atoms with van der Waals surface area (Å²) in [6.45, 7) is 1.82. The molecule has 0 unspecified atom stereocenters. The summed E-state index contributed by atoms with van der Waals surface area (Å²) in [6, 6.07) is 23.4. The number of H-pyrrole nitrogens is 1. The molecule has 1 fully saturated rings. The second-order valence-corrected chi connectivity index (χ2v) is 9.30. The molecule has 0 radical (unpaired) electrons. The lowest BCUT2D eigenvalue weighted by Crippen LogP contribution is -2.50. The molecule has 3 aromatic carbocycles. The van der Waals surface area contributed by atoms with Gasteiger partial charge in [0, 0.05) is 42.6 Å². The number of piperazine rings is 1. The van der Waals surface area contributed by atoms with E-state index < -0.39 is 0 Å². The fourth-order valence-electron chi connectivity index (χ4n) is 5.02. The molecule has 4 aromatic rings. The molecule has 184 valence electrons. The molecule has 37 heavy (non-hydrogen) atoms. The van der Waals surface area contributed by atoms with Crippen LogP contribution in [0, 0.1) is 0 Å². The van der Waals surface area contributed by atoms with Crippen LogP contribution in [0.2, 0.25) is 0 Å². The van der Waals surface area contributed by atoms with E-state index >= 15 is 0 Å². The van der Waals surface area contributed by atoms with E-state index in [1.165, 1.54) is 4.90 Å². The Balaban J connectivity index is 1.10. The van der Waals surface area contributed by atoms with Crippen LogP contribution in [-0.4, -0.2) is 69.5 Å². The number of benzene rings is 3. The second kappa shape index (κ2) is 9.05. The van der Waals surface area contributed by atoms with E-state index in [9.17, 15) is 19.2 Å². The van der Waals surface area contributed by atoms with Gasteiger partial charge in [-0.15, -0.1) is 0 Å². The van der Waals surface area contributed by atoms with Crippen LogP contribution in [0.15, 0.2) is 78.9 Å². The minimum absolute atomic E-state index is 0.0776. The highest BCUT2D eigenvalue weighted by Gasteiger charge is 2.35. The monoisotopic (exact) mass is 492 g/mol. The lowest BCUT2D eigenvalue weighted by atomic mass is 10.1. The quantitative estimate of drug-likeness (QED) is 0.441. The van der Waals surface area contributed by atoms with E-state index in [1.54, 1.807) is 58.3 Å². The van der Waals surface area contributed by atoms with Gasteiger partial charge in [0.1, 0.15) is 5.69 Å². The number of nitrogens with one attached hydrogen (secondary N) is 1. The first-order valence-corrected chi connectivity index (χ1v) is 12.2. The van der Waals surface area contributed by atoms with Gasteiger partial charge in [-0.3, -0.25) is 24.1 Å². The van der Waals surface area contributed by atoms with Crippen LogP contribution in [0.3, 0.4) is 0 Å². The molecule has 3 heterocycles. The van der Waals surface area contributed by atoms with Gasteiger partial charge >= 0.3 is 0 Å². The predicted molar refractivity (Wildman–Crippen MR) is 137 cm³/mol. The molecule has 0 bridgehead atoms. The largest absolute Gasteiger partial charge is 0.351 e. The van der Waals surface area contributed by atoms with Crippen molar-refractivity contribution in [1.29, 1.82) is 0 Å². The van der Waals surface area contributed by atoms with E-state index in [0.717, 1.165) is 10.9 Å². The van der Waals surface area contributed by atoms with Crippen LogP contribution in [0.25, 0.3) is 10.9 Å². The third-order valence-electron chi connectivity index (χ3n) is 7.01. The number of hydrogen-bond acceptors (Lipinski definition) is 4. The highest BCUT2D eigenvalue weighted by Crippen LogP contribution is 2.25. The molecule has 8 nitrogen and oxygen atoms in total. The zero-order chi connectivity index (χ0) is 25.5. The Bertz CT molecular complexity index is 1500. The molecule has 0 atom stereocenters. The first-order chi connectivity index (χ1) is 18.0. The summed E-state index contributed by atoms with van der Waals surface area (Å²) in [5.74, 6) is -0.866. The number of rotatable bonds is 4. The number of carbonyl (C=O) groups is 4. The van der Waals surface area contributed by atoms with Crippen molar-refractivity contribution in [2.45, 2.75) is 6.54 Å². The average molecular weight is 493 g/mol. The standard InChI is InChI=1S/C29H24N4O4/c34-26(31-12-14-32(15-13-31)29(37)25-17-20-7-1-4-11-24(20)30-25)21-8-5-6-19(16-21)18-33-27(35)22-9-2-3-10-23(22)28(33)36/h1-11,16-17,30H,12-15,18H2.